The molecule has 0 radical (unpaired) electrons. The molecular weight excluding hydrogens is 350 g/mol. The zero-order valence-electron chi connectivity index (χ0n) is 17.2. The van der Waals surface area contributed by atoms with Crippen LogP contribution in [0, 0.1) is 0 Å². The van der Waals surface area contributed by atoms with Crippen molar-refractivity contribution in [1.29, 1.82) is 0 Å². The van der Waals surface area contributed by atoms with Crippen LogP contribution in [0.25, 0.3) is 0 Å². The molecule has 3 heterocycles. The van der Waals surface area contributed by atoms with Gasteiger partial charge in [-0.25, -0.2) is 4.98 Å². The number of aromatic nitrogens is 2. The van der Waals surface area contributed by atoms with Crippen LogP contribution in [0.5, 0.6) is 0 Å². The van der Waals surface area contributed by atoms with E-state index in [4.69, 9.17) is 9.72 Å². The summed E-state index contributed by atoms with van der Waals surface area (Å²) in [5.74, 6) is 1.54. The largest absolute Gasteiger partial charge is 0.372 e. The summed E-state index contributed by atoms with van der Waals surface area (Å²) in [6.07, 6.45) is 5.76. The Morgan fingerprint density at radius 3 is 2.50 bits per heavy atom. The van der Waals surface area contributed by atoms with E-state index >= 15 is 0 Å². The third-order valence-corrected chi connectivity index (χ3v) is 5.78. The maximum Gasteiger partial charge on any atom is 0.225 e. The lowest BCUT2D eigenvalue weighted by Gasteiger charge is -2.30. The molecule has 0 spiro atoms. The zero-order valence-corrected chi connectivity index (χ0v) is 17.2. The molecule has 28 heavy (non-hydrogen) atoms. The molecule has 2 saturated heterocycles. The molecule has 2 fully saturated rings. The van der Waals surface area contributed by atoms with Crippen LogP contribution in [0.2, 0.25) is 0 Å². The van der Waals surface area contributed by atoms with E-state index in [0.29, 0.717) is 19.3 Å². The summed E-state index contributed by atoms with van der Waals surface area (Å²) in [5.41, 5.74) is 2.51. The Hall–Kier alpha value is -2.34. The van der Waals surface area contributed by atoms with Crippen molar-refractivity contribution < 1.29 is 4.74 Å². The van der Waals surface area contributed by atoms with E-state index in [1.807, 2.05) is 12.3 Å². The van der Waals surface area contributed by atoms with Crippen molar-refractivity contribution in [3.05, 3.63) is 42.1 Å². The molecule has 0 amide bonds. The first-order valence-corrected chi connectivity index (χ1v) is 10.3. The maximum atomic E-state index is 5.62. The van der Waals surface area contributed by atoms with Crippen LogP contribution in [0.15, 0.2) is 36.5 Å². The van der Waals surface area contributed by atoms with Gasteiger partial charge in [0.15, 0.2) is 0 Å². The first-order chi connectivity index (χ1) is 13.5. The van der Waals surface area contributed by atoms with Crippen molar-refractivity contribution in [2.75, 3.05) is 41.5 Å². The summed E-state index contributed by atoms with van der Waals surface area (Å²) in [7, 11) is 0. The average molecular weight is 382 g/mol. The third-order valence-electron chi connectivity index (χ3n) is 5.78. The molecule has 6 heteroatoms. The number of nitrogens with one attached hydrogen (secondary N) is 1. The minimum Gasteiger partial charge on any atom is -0.372 e. The highest BCUT2D eigenvalue weighted by molar-refractivity contribution is 5.50. The number of nitrogens with zero attached hydrogens (tertiary/aromatic N) is 4. The Labute approximate surface area is 167 Å². The summed E-state index contributed by atoms with van der Waals surface area (Å²) in [5, 5.41) is 3.45. The third kappa shape index (κ3) is 4.07. The molecular formula is C22H31N5O. The standard InChI is InChI=1S/C22H31N5O/c1-17(18-7-9-19(10-8-18)26-13-5-4-6-14-26)24-21-23-12-11-20(25-21)27-16-28-15-22(27,2)3/h7-12,17H,4-6,13-16H2,1-3H3,(H,23,24,25). The lowest BCUT2D eigenvalue weighted by atomic mass is 10.1. The van der Waals surface area contributed by atoms with Crippen LogP contribution in [0.3, 0.4) is 0 Å². The normalized spacial score (nSPS) is 20.2. The number of hydrogen-bond donors (Lipinski definition) is 1. The quantitative estimate of drug-likeness (QED) is 0.837. The second kappa shape index (κ2) is 7.95. The van der Waals surface area contributed by atoms with Gasteiger partial charge in [0.2, 0.25) is 5.95 Å². The van der Waals surface area contributed by atoms with Gasteiger partial charge in [0.1, 0.15) is 12.5 Å². The van der Waals surface area contributed by atoms with Gasteiger partial charge in [0.25, 0.3) is 0 Å². The Bertz CT molecular complexity index is 786. The Balaban J connectivity index is 1.43. The van der Waals surface area contributed by atoms with E-state index in [1.165, 1.54) is 43.6 Å². The lowest BCUT2D eigenvalue weighted by Crippen LogP contribution is -2.40. The fourth-order valence-corrected chi connectivity index (χ4v) is 3.99. The topological polar surface area (TPSA) is 53.5 Å². The van der Waals surface area contributed by atoms with Crippen molar-refractivity contribution in [2.24, 2.45) is 0 Å². The van der Waals surface area contributed by atoms with Gasteiger partial charge in [0.05, 0.1) is 18.2 Å². The van der Waals surface area contributed by atoms with E-state index in [1.54, 1.807) is 0 Å². The number of piperidine rings is 1. The van der Waals surface area contributed by atoms with Gasteiger partial charge in [-0.1, -0.05) is 12.1 Å². The average Bonchev–Trinajstić information content (AvgIpc) is 3.08. The molecule has 2 aromatic rings. The van der Waals surface area contributed by atoms with Gasteiger partial charge in [-0.3, -0.25) is 0 Å². The van der Waals surface area contributed by atoms with Gasteiger partial charge in [-0.2, -0.15) is 4.98 Å². The van der Waals surface area contributed by atoms with E-state index in [9.17, 15) is 0 Å². The van der Waals surface area contributed by atoms with Gasteiger partial charge in [0, 0.05) is 25.0 Å². The Morgan fingerprint density at radius 1 is 1.07 bits per heavy atom. The summed E-state index contributed by atoms with van der Waals surface area (Å²) in [4.78, 5) is 13.8. The van der Waals surface area contributed by atoms with Gasteiger partial charge in [-0.15, -0.1) is 0 Å². The van der Waals surface area contributed by atoms with Crippen LogP contribution in [0.1, 0.15) is 51.6 Å². The Kier molecular flexibility index (Phi) is 5.40. The van der Waals surface area contributed by atoms with Gasteiger partial charge < -0.3 is 19.9 Å². The fourth-order valence-electron chi connectivity index (χ4n) is 3.99. The van der Waals surface area contributed by atoms with Crippen LogP contribution in [0.4, 0.5) is 17.5 Å². The van der Waals surface area contributed by atoms with Crippen molar-refractivity contribution >= 4 is 17.5 Å². The van der Waals surface area contributed by atoms with Gasteiger partial charge >= 0.3 is 0 Å². The second-order valence-electron chi connectivity index (χ2n) is 8.46. The van der Waals surface area contributed by atoms with Crippen LogP contribution in [-0.4, -0.2) is 41.9 Å². The molecule has 2 aliphatic rings. The fraction of sp³-hybridized carbons (Fsp3) is 0.545. The number of ether oxygens (including phenoxy) is 1. The highest BCUT2D eigenvalue weighted by Crippen LogP contribution is 2.28. The zero-order chi connectivity index (χ0) is 19.6. The minimum atomic E-state index is -0.0540. The monoisotopic (exact) mass is 381 g/mol. The van der Waals surface area contributed by atoms with E-state index in [0.717, 1.165) is 5.82 Å². The molecule has 0 aliphatic carbocycles. The molecule has 1 unspecified atom stereocenters. The molecule has 6 nitrogen and oxygen atoms in total. The highest BCUT2D eigenvalue weighted by atomic mass is 16.5. The smallest absolute Gasteiger partial charge is 0.225 e. The molecule has 1 atom stereocenters. The molecule has 1 aromatic heterocycles. The lowest BCUT2D eigenvalue weighted by molar-refractivity contribution is 0.184. The number of benzene rings is 1. The molecule has 150 valence electrons. The van der Waals surface area contributed by atoms with Crippen LogP contribution < -0.4 is 15.1 Å². The number of anilines is 3. The molecule has 1 N–H and O–H groups in total. The molecule has 0 bridgehead atoms. The SMILES string of the molecule is CC(Nc1nccc(N2COCC2(C)C)n1)c1ccc(N2CCCCC2)cc1. The second-order valence-corrected chi connectivity index (χ2v) is 8.46. The predicted molar refractivity (Wildman–Crippen MR) is 114 cm³/mol. The first-order valence-electron chi connectivity index (χ1n) is 10.3. The molecule has 4 rings (SSSR count). The minimum absolute atomic E-state index is 0.0540. The van der Waals surface area contributed by atoms with E-state index < -0.39 is 0 Å². The van der Waals surface area contributed by atoms with Crippen molar-refractivity contribution in [3.8, 4) is 0 Å². The first kappa shape index (κ1) is 19.0. The van der Waals surface area contributed by atoms with Crippen LogP contribution in [-0.2, 0) is 4.74 Å². The number of hydrogen-bond acceptors (Lipinski definition) is 6. The number of rotatable bonds is 5. The van der Waals surface area contributed by atoms with E-state index in [-0.39, 0.29) is 11.6 Å². The summed E-state index contributed by atoms with van der Waals surface area (Å²) in [6.45, 7) is 10.1. The predicted octanol–water partition coefficient (Wildman–Crippen LogP) is 4.21. The van der Waals surface area contributed by atoms with Crippen molar-refractivity contribution in [2.45, 2.75) is 51.6 Å². The van der Waals surface area contributed by atoms with Crippen molar-refractivity contribution in [3.63, 3.8) is 0 Å². The van der Waals surface area contributed by atoms with Gasteiger partial charge in [-0.05, 0) is 63.8 Å². The summed E-state index contributed by atoms with van der Waals surface area (Å²) in [6, 6.07) is 11.0. The van der Waals surface area contributed by atoms with Crippen molar-refractivity contribution in [1.82, 2.24) is 9.97 Å². The van der Waals surface area contributed by atoms with E-state index in [2.05, 4.69) is 65.1 Å². The molecule has 2 aliphatic heterocycles. The maximum absolute atomic E-state index is 5.62. The summed E-state index contributed by atoms with van der Waals surface area (Å²) < 4.78 is 5.62. The molecule has 1 aromatic carbocycles. The Morgan fingerprint density at radius 2 is 1.82 bits per heavy atom. The summed E-state index contributed by atoms with van der Waals surface area (Å²) >= 11 is 0. The van der Waals surface area contributed by atoms with Crippen LogP contribution >= 0.6 is 0 Å². The highest BCUT2D eigenvalue weighted by Gasteiger charge is 2.34. The molecule has 0 saturated carbocycles.